The number of nitrogens with two attached hydrogens (primary N) is 1. The van der Waals surface area contributed by atoms with E-state index in [2.05, 4.69) is 4.98 Å². The molecule has 2 aromatic rings. The van der Waals surface area contributed by atoms with Gasteiger partial charge in [-0.25, -0.2) is 4.98 Å². The van der Waals surface area contributed by atoms with Gasteiger partial charge in [0.2, 0.25) is 0 Å². The topological polar surface area (TPSA) is 81.2 Å². The van der Waals surface area contributed by atoms with E-state index < -0.39 is 0 Å². The van der Waals surface area contributed by atoms with Crippen LogP contribution in [0.25, 0.3) is 0 Å². The van der Waals surface area contributed by atoms with Crippen LogP contribution in [0, 0.1) is 5.41 Å². The van der Waals surface area contributed by atoms with Crippen molar-refractivity contribution in [2.75, 3.05) is 7.11 Å². The highest BCUT2D eigenvalue weighted by Crippen LogP contribution is 2.28. The summed E-state index contributed by atoms with van der Waals surface area (Å²) in [4.78, 5) is 4.13. The number of thiazole rings is 1. The third-order valence-corrected chi connectivity index (χ3v) is 3.06. The Morgan fingerprint density at radius 2 is 2.28 bits per heavy atom. The predicted octanol–water partition coefficient (Wildman–Crippen LogP) is 2.01. The third-order valence-electron chi connectivity index (χ3n) is 2.31. The van der Waals surface area contributed by atoms with Gasteiger partial charge in [0.15, 0.2) is 11.5 Å². The summed E-state index contributed by atoms with van der Waals surface area (Å²) < 4.78 is 10.8. The van der Waals surface area contributed by atoms with E-state index in [0.29, 0.717) is 23.7 Å². The second kappa shape index (κ2) is 5.50. The van der Waals surface area contributed by atoms with E-state index in [0.717, 1.165) is 5.01 Å². The lowest BCUT2D eigenvalue weighted by atomic mass is 10.2. The first kappa shape index (κ1) is 12.4. The number of hydrogen-bond donors (Lipinski definition) is 2. The molecule has 18 heavy (non-hydrogen) atoms. The van der Waals surface area contributed by atoms with Gasteiger partial charge in [-0.15, -0.1) is 11.3 Å². The van der Waals surface area contributed by atoms with E-state index >= 15 is 0 Å². The molecule has 5 nitrogen and oxygen atoms in total. The van der Waals surface area contributed by atoms with E-state index in [1.54, 1.807) is 31.5 Å². The van der Waals surface area contributed by atoms with Crippen LogP contribution in [0.1, 0.15) is 10.6 Å². The summed E-state index contributed by atoms with van der Waals surface area (Å²) in [6, 6.07) is 5.14. The molecule has 0 fully saturated rings. The summed E-state index contributed by atoms with van der Waals surface area (Å²) >= 11 is 1.53. The number of ether oxygens (including phenoxy) is 2. The monoisotopic (exact) mass is 263 g/mol. The molecular formula is C12H13N3O2S. The Morgan fingerprint density at radius 1 is 1.44 bits per heavy atom. The largest absolute Gasteiger partial charge is 0.493 e. The molecule has 6 heteroatoms. The molecule has 0 aliphatic heterocycles. The molecule has 94 valence electrons. The highest BCUT2D eigenvalue weighted by atomic mass is 32.1. The number of nitrogen functional groups attached to an aromatic ring is 1. The molecule has 1 aromatic carbocycles. The standard InChI is InChI=1S/C12H13N3O2S/c1-16-10-6-8(12(13)14)2-3-9(10)17-7-11-15-4-5-18-11/h2-6H,7H2,1H3,(H3,13,14). The summed E-state index contributed by atoms with van der Waals surface area (Å²) in [5.41, 5.74) is 6.02. The molecule has 0 saturated carbocycles. The molecule has 1 heterocycles. The van der Waals surface area contributed by atoms with Crippen LogP contribution in [0.2, 0.25) is 0 Å². The van der Waals surface area contributed by atoms with Crippen LogP contribution in [0.5, 0.6) is 11.5 Å². The predicted molar refractivity (Wildman–Crippen MR) is 70.5 cm³/mol. The average molecular weight is 263 g/mol. The van der Waals surface area contributed by atoms with Crippen molar-refractivity contribution in [3.63, 3.8) is 0 Å². The van der Waals surface area contributed by atoms with Crippen LogP contribution < -0.4 is 15.2 Å². The molecule has 0 aliphatic carbocycles. The van der Waals surface area contributed by atoms with Gasteiger partial charge in [0.25, 0.3) is 0 Å². The fraction of sp³-hybridized carbons (Fsp3) is 0.167. The van der Waals surface area contributed by atoms with Crippen LogP contribution in [0.3, 0.4) is 0 Å². The number of nitrogens with zero attached hydrogens (tertiary/aromatic N) is 1. The molecule has 0 aliphatic rings. The van der Waals surface area contributed by atoms with E-state index in [-0.39, 0.29) is 5.84 Å². The fourth-order valence-corrected chi connectivity index (χ4v) is 1.95. The molecule has 2 rings (SSSR count). The van der Waals surface area contributed by atoms with Crippen molar-refractivity contribution in [2.45, 2.75) is 6.61 Å². The van der Waals surface area contributed by atoms with Gasteiger partial charge >= 0.3 is 0 Å². The zero-order valence-corrected chi connectivity index (χ0v) is 10.7. The Balaban J connectivity index is 2.14. The van der Waals surface area contributed by atoms with Gasteiger partial charge in [-0.3, -0.25) is 5.41 Å². The van der Waals surface area contributed by atoms with Gasteiger partial charge in [-0.1, -0.05) is 0 Å². The Labute approximate surface area is 109 Å². The fourth-order valence-electron chi connectivity index (χ4n) is 1.42. The van der Waals surface area contributed by atoms with Gasteiger partial charge in [0.1, 0.15) is 17.5 Å². The highest BCUT2D eigenvalue weighted by molar-refractivity contribution is 7.09. The third kappa shape index (κ3) is 2.78. The molecule has 0 unspecified atom stereocenters. The maximum Gasteiger partial charge on any atom is 0.161 e. The number of amidine groups is 1. The Bertz CT molecular complexity index is 540. The van der Waals surface area contributed by atoms with Gasteiger partial charge in [-0.05, 0) is 18.2 Å². The summed E-state index contributed by atoms with van der Waals surface area (Å²) in [6.45, 7) is 0.396. The maximum absolute atomic E-state index is 7.37. The summed E-state index contributed by atoms with van der Waals surface area (Å²) in [5, 5.41) is 10.2. The van der Waals surface area contributed by atoms with Crippen LogP contribution in [-0.2, 0) is 6.61 Å². The summed E-state index contributed by atoms with van der Waals surface area (Å²) in [5.74, 6) is 1.16. The minimum atomic E-state index is -0.000210. The van der Waals surface area contributed by atoms with Crippen LogP contribution in [0.15, 0.2) is 29.8 Å². The van der Waals surface area contributed by atoms with Gasteiger partial charge in [0, 0.05) is 17.1 Å². The minimum Gasteiger partial charge on any atom is -0.493 e. The van der Waals surface area contributed by atoms with Crippen molar-refractivity contribution in [3.8, 4) is 11.5 Å². The first-order chi connectivity index (χ1) is 8.70. The van der Waals surface area contributed by atoms with Crippen molar-refractivity contribution in [1.82, 2.24) is 4.98 Å². The first-order valence-electron chi connectivity index (χ1n) is 5.24. The van der Waals surface area contributed by atoms with Crippen molar-refractivity contribution in [3.05, 3.63) is 40.3 Å². The maximum atomic E-state index is 7.37. The summed E-state index contributed by atoms with van der Waals surface area (Å²) in [7, 11) is 1.55. The van der Waals surface area contributed by atoms with Crippen molar-refractivity contribution < 1.29 is 9.47 Å². The molecule has 0 bridgehead atoms. The lowest BCUT2D eigenvalue weighted by molar-refractivity contribution is 0.284. The summed E-state index contributed by atoms with van der Waals surface area (Å²) in [6.07, 6.45) is 1.74. The Morgan fingerprint density at radius 3 is 2.89 bits per heavy atom. The molecular weight excluding hydrogens is 250 g/mol. The quantitative estimate of drug-likeness (QED) is 0.638. The van der Waals surface area contributed by atoms with E-state index in [1.807, 2.05) is 5.38 Å². The van der Waals surface area contributed by atoms with E-state index in [9.17, 15) is 0 Å². The smallest absolute Gasteiger partial charge is 0.161 e. The van der Waals surface area contributed by atoms with E-state index in [4.69, 9.17) is 20.6 Å². The number of methoxy groups -OCH3 is 1. The lowest BCUT2D eigenvalue weighted by Crippen LogP contribution is -2.11. The SMILES string of the molecule is COc1cc(C(=N)N)ccc1OCc1nccs1. The number of aromatic nitrogens is 1. The highest BCUT2D eigenvalue weighted by Gasteiger charge is 2.08. The second-order valence-corrected chi connectivity index (χ2v) is 4.47. The molecule has 3 N–H and O–H groups in total. The van der Waals surface area contributed by atoms with Crippen molar-refractivity contribution in [2.24, 2.45) is 5.73 Å². The zero-order valence-electron chi connectivity index (χ0n) is 9.84. The van der Waals surface area contributed by atoms with Gasteiger partial charge < -0.3 is 15.2 Å². The first-order valence-corrected chi connectivity index (χ1v) is 6.12. The van der Waals surface area contributed by atoms with Crippen LogP contribution >= 0.6 is 11.3 Å². The zero-order chi connectivity index (χ0) is 13.0. The normalized spacial score (nSPS) is 10.1. The number of hydrogen-bond acceptors (Lipinski definition) is 5. The average Bonchev–Trinajstić information content (AvgIpc) is 2.89. The molecule has 0 atom stereocenters. The van der Waals surface area contributed by atoms with Crippen LogP contribution in [-0.4, -0.2) is 17.9 Å². The lowest BCUT2D eigenvalue weighted by Gasteiger charge is -2.10. The Hall–Kier alpha value is -2.08. The van der Waals surface area contributed by atoms with E-state index in [1.165, 1.54) is 11.3 Å². The number of benzene rings is 1. The molecule has 0 amide bonds. The minimum absolute atomic E-state index is 0.000210. The van der Waals surface area contributed by atoms with Crippen LogP contribution in [0.4, 0.5) is 0 Å². The molecule has 0 saturated heterocycles. The second-order valence-electron chi connectivity index (χ2n) is 3.49. The van der Waals surface area contributed by atoms with Crippen molar-refractivity contribution in [1.29, 1.82) is 5.41 Å². The number of nitrogens with one attached hydrogen (secondary N) is 1. The Kier molecular flexibility index (Phi) is 3.78. The molecule has 0 radical (unpaired) electrons. The molecule has 1 aromatic heterocycles. The number of rotatable bonds is 5. The van der Waals surface area contributed by atoms with Gasteiger partial charge in [-0.2, -0.15) is 0 Å². The van der Waals surface area contributed by atoms with Crippen molar-refractivity contribution >= 4 is 17.2 Å². The molecule has 0 spiro atoms. The van der Waals surface area contributed by atoms with Gasteiger partial charge in [0.05, 0.1) is 7.11 Å².